The van der Waals surface area contributed by atoms with Gasteiger partial charge >= 0.3 is 0 Å². The molecule has 1 nitrogen and oxygen atoms in total. The van der Waals surface area contributed by atoms with E-state index >= 15 is 0 Å². The Bertz CT molecular complexity index is 182. The molecule has 0 aromatic rings. The van der Waals surface area contributed by atoms with E-state index in [1.807, 2.05) is 6.08 Å². The minimum Gasteiger partial charge on any atom is -0.310 e. The van der Waals surface area contributed by atoms with Crippen molar-refractivity contribution in [2.45, 2.75) is 46.6 Å². The summed E-state index contributed by atoms with van der Waals surface area (Å²) in [7, 11) is 0. The SMILES string of the molecule is C=CC=C(C)C(C)NCC(C)CCC. The third-order valence-electron chi connectivity index (χ3n) is 2.62. The fraction of sp³-hybridized carbons (Fsp3) is 0.692. The zero-order valence-corrected chi connectivity index (χ0v) is 10.1. The molecule has 82 valence electrons. The molecule has 14 heavy (non-hydrogen) atoms. The summed E-state index contributed by atoms with van der Waals surface area (Å²) in [6, 6.07) is 0.465. The van der Waals surface area contributed by atoms with Crippen LogP contribution < -0.4 is 5.32 Å². The molecule has 0 aliphatic rings. The summed E-state index contributed by atoms with van der Waals surface area (Å²) in [6.07, 6.45) is 6.51. The minimum atomic E-state index is 0.465. The Morgan fingerprint density at radius 1 is 1.43 bits per heavy atom. The standard InChI is InChI=1S/C13H25N/c1-6-8-11(3)10-14-13(5)12(4)9-7-2/h7,9,11,13-14H,2,6,8,10H2,1,3-5H3. The summed E-state index contributed by atoms with van der Waals surface area (Å²) >= 11 is 0. The van der Waals surface area contributed by atoms with Crippen LogP contribution in [0.1, 0.15) is 40.5 Å². The average Bonchev–Trinajstić information content (AvgIpc) is 2.15. The van der Waals surface area contributed by atoms with E-state index in [0.29, 0.717) is 6.04 Å². The molecule has 1 heteroatoms. The van der Waals surface area contributed by atoms with Crippen LogP contribution in [0.3, 0.4) is 0 Å². The Kier molecular flexibility index (Phi) is 7.50. The maximum absolute atomic E-state index is 3.70. The molecule has 0 saturated carbocycles. The second-order valence-electron chi connectivity index (χ2n) is 4.17. The molecule has 0 bridgehead atoms. The van der Waals surface area contributed by atoms with Crippen molar-refractivity contribution in [2.24, 2.45) is 5.92 Å². The third-order valence-corrected chi connectivity index (χ3v) is 2.62. The van der Waals surface area contributed by atoms with E-state index in [1.165, 1.54) is 18.4 Å². The Balaban J connectivity index is 3.78. The molecule has 0 radical (unpaired) electrons. The molecule has 1 N–H and O–H groups in total. The van der Waals surface area contributed by atoms with Crippen molar-refractivity contribution >= 4 is 0 Å². The van der Waals surface area contributed by atoms with Gasteiger partial charge in [-0.25, -0.2) is 0 Å². The van der Waals surface area contributed by atoms with Crippen molar-refractivity contribution in [3.8, 4) is 0 Å². The van der Waals surface area contributed by atoms with Crippen LogP contribution in [0, 0.1) is 5.92 Å². The maximum atomic E-state index is 3.70. The van der Waals surface area contributed by atoms with Crippen molar-refractivity contribution in [1.82, 2.24) is 5.32 Å². The van der Waals surface area contributed by atoms with Crippen LogP contribution in [0.4, 0.5) is 0 Å². The molecule has 0 saturated heterocycles. The Labute approximate surface area is 89.3 Å². The largest absolute Gasteiger partial charge is 0.310 e. The lowest BCUT2D eigenvalue weighted by molar-refractivity contribution is 0.456. The van der Waals surface area contributed by atoms with Gasteiger partial charge in [0.15, 0.2) is 0 Å². The van der Waals surface area contributed by atoms with Gasteiger partial charge in [-0.15, -0.1) is 0 Å². The van der Waals surface area contributed by atoms with Gasteiger partial charge in [-0.05, 0) is 32.7 Å². The van der Waals surface area contributed by atoms with Gasteiger partial charge in [0.2, 0.25) is 0 Å². The maximum Gasteiger partial charge on any atom is 0.0251 e. The normalized spacial score (nSPS) is 16.4. The van der Waals surface area contributed by atoms with Crippen LogP contribution in [-0.2, 0) is 0 Å². The predicted molar refractivity (Wildman–Crippen MR) is 65.5 cm³/mol. The van der Waals surface area contributed by atoms with Crippen molar-refractivity contribution in [2.75, 3.05) is 6.54 Å². The molecule has 0 aromatic carbocycles. The van der Waals surface area contributed by atoms with Crippen molar-refractivity contribution < 1.29 is 0 Å². The van der Waals surface area contributed by atoms with Crippen LogP contribution in [0.25, 0.3) is 0 Å². The summed E-state index contributed by atoms with van der Waals surface area (Å²) in [5.74, 6) is 0.777. The van der Waals surface area contributed by atoms with Gasteiger partial charge in [0.1, 0.15) is 0 Å². The summed E-state index contributed by atoms with van der Waals surface area (Å²) in [5.41, 5.74) is 1.35. The highest BCUT2D eigenvalue weighted by Crippen LogP contribution is 2.05. The Morgan fingerprint density at radius 3 is 2.57 bits per heavy atom. The quantitative estimate of drug-likeness (QED) is 0.613. The zero-order chi connectivity index (χ0) is 11.0. The van der Waals surface area contributed by atoms with E-state index in [9.17, 15) is 0 Å². The summed E-state index contributed by atoms with van der Waals surface area (Å²) < 4.78 is 0. The molecule has 0 aliphatic heterocycles. The smallest absolute Gasteiger partial charge is 0.0251 e. The first-order valence-corrected chi connectivity index (χ1v) is 5.64. The molecule has 0 aromatic heterocycles. The number of rotatable bonds is 7. The molecule has 0 rings (SSSR count). The molecular weight excluding hydrogens is 170 g/mol. The zero-order valence-electron chi connectivity index (χ0n) is 10.1. The van der Waals surface area contributed by atoms with E-state index in [4.69, 9.17) is 0 Å². The highest BCUT2D eigenvalue weighted by molar-refractivity contribution is 5.13. The Hall–Kier alpha value is -0.560. The lowest BCUT2D eigenvalue weighted by atomic mass is 10.0. The summed E-state index contributed by atoms with van der Waals surface area (Å²) in [6.45, 7) is 13.7. The average molecular weight is 195 g/mol. The van der Waals surface area contributed by atoms with Crippen LogP contribution >= 0.6 is 0 Å². The molecule has 2 unspecified atom stereocenters. The van der Waals surface area contributed by atoms with Crippen LogP contribution in [0.15, 0.2) is 24.3 Å². The summed E-state index contributed by atoms with van der Waals surface area (Å²) in [4.78, 5) is 0. The van der Waals surface area contributed by atoms with E-state index in [-0.39, 0.29) is 0 Å². The van der Waals surface area contributed by atoms with Gasteiger partial charge in [-0.1, -0.05) is 44.6 Å². The lowest BCUT2D eigenvalue weighted by Crippen LogP contribution is -2.31. The van der Waals surface area contributed by atoms with Gasteiger partial charge < -0.3 is 5.32 Å². The number of hydrogen-bond acceptors (Lipinski definition) is 1. The molecule has 0 heterocycles. The van der Waals surface area contributed by atoms with Crippen molar-refractivity contribution in [3.05, 3.63) is 24.3 Å². The first-order valence-electron chi connectivity index (χ1n) is 5.64. The summed E-state index contributed by atoms with van der Waals surface area (Å²) in [5, 5.41) is 3.54. The van der Waals surface area contributed by atoms with Crippen molar-refractivity contribution in [3.63, 3.8) is 0 Å². The molecular formula is C13H25N. The highest BCUT2D eigenvalue weighted by Gasteiger charge is 2.05. The van der Waals surface area contributed by atoms with E-state index in [0.717, 1.165) is 12.5 Å². The van der Waals surface area contributed by atoms with Gasteiger partial charge in [-0.3, -0.25) is 0 Å². The van der Waals surface area contributed by atoms with Crippen LogP contribution in [0.5, 0.6) is 0 Å². The first-order chi connectivity index (χ1) is 6.61. The Morgan fingerprint density at radius 2 is 2.07 bits per heavy atom. The molecule has 0 aliphatic carbocycles. The monoisotopic (exact) mass is 195 g/mol. The topological polar surface area (TPSA) is 12.0 Å². The second-order valence-corrected chi connectivity index (χ2v) is 4.17. The van der Waals surface area contributed by atoms with Gasteiger partial charge in [0.05, 0.1) is 0 Å². The fourth-order valence-electron chi connectivity index (χ4n) is 1.46. The van der Waals surface area contributed by atoms with Gasteiger partial charge in [-0.2, -0.15) is 0 Å². The minimum absolute atomic E-state index is 0.465. The van der Waals surface area contributed by atoms with E-state index < -0.39 is 0 Å². The molecule has 0 fully saturated rings. The molecule has 0 spiro atoms. The highest BCUT2D eigenvalue weighted by atomic mass is 14.9. The van der Waals surface area contributed by atoms with Crippen LogP contribution in [0.2, 0.25) is 0 Å². The van der Waals surface area contributed by atoms with Gasteiger partial charge in [0, 0.05) is 6.04 Å². The van der Waals surface area contributed by atoms with Crippen molar-refractivity contribution in [1.29, 1.82) is 0 Å². The lowest BCUT2D eigenvalue weighted by Gasteiger charge is -2.17. The number of hydrogen-bond donors (Lipinski definition) is 1. The second kappa shape index (κ2) is 7.81. The third kappa shape index (κ3) is 5.98. The predicted octanol–water partition coefficient (Wildman–Crippen LogP) is 3.53. The van der Waals surface area contributed by atoms with Gasteiger partial charge in [0.25, 0.3) is 0 Å². The number of allylic oxidation sites excluding steroid dienone is 2. The van der Waals surface area contributed by atoms with E-state index in [1.54, 1.807) is 0 Å². The fourth-order valence-corrected chi connectivity index (χ4v) is 1.46. The first kappa shape index (κ1) is 13.4. The molecule has 2 atom stereocenters. The molecule has 0 amide bonds. The van der Waals surface area contributed by atoms with Crippen LogP contribution in [-0.4, -0.2) is 12.6 Å². The number of nitrogens with one attached hydrogen (secondary N) is 1. The van der Waals surface area contributed by atoms with E-state index in [2.05, 4.69) is 45.7 Å².